The van der Waals surface area contributed by atoms with Gasteiger partial charge in [0.2, 0.25) is 0 Å². The van der Waals surface area contributed by atoms with Crippen LogP contribution in [0.4, 0.5) is 0 Å². The van der Waals surface area contributed by atoms with Crippen LogP contribution < -0.4 is 0 Å². The van der Waals surface area contributed by atoms with Crippen LogP contribution in [0, 0.1) is 0 Å². The highest BCUT2D eigenvalue weighted by Crippen LogP contribution is 2.35. The zero-order valence-electron chi connectivity index (χ0n) is 12.6. The van der Waals surface area contributed by atoms with Gasteiger partial charge in [-0.15, -0.1) is 11.3 Å². The number of esters is 1. The molecule has 0 saturated carbocycles. The second-order valence-corrected chi connectivity index (χ2v) is 6.49. The average Bonchev–Trinajstić information content (AvgIpc) is 2.96. The number of halogens is 1. The van der Waals surface area contributed by atoms with Crippen LogP contribution in [0.25, 0.3) is 15.7 Å². The zero-order chi connectivity index (χ0) is 16.2. The second-order valence-electron chi connectivity index (χ2n) is 4.97. The van der Waals surface area contributed by atoms with E-state index in [1.165, 1.54) is 0 Å². The number of thiophene rings is 1. The Morgan fingerprint density at radius 3 is 2.70 bits per heavy atom. The molecule has 116 valence electrons. The summed E-state index contributed by atoms with van der Waals surface area (Å²) >= 11 is 7.70. The number of carbonyl (C=O) groups is 1. The minimum absolute atomic E-state index is 0.332. The van der Waals surface area contributed by atoms with Gasteiger partial charge in [-0.3, -0.25) is 0 Å². The molecule has 1 heterocycles. The molecule has 0 saturated heterocycles. The lowest BCUT2D eigenvalue weighted by atomic mass is 10.0. The fourth-order valence-electron chi connectivity index (χ4n) is 2.36. The number of hydrogen-bond acceptors (Lipinski definition) is 3. The molecule has 0 N–H and O–H groups in total. The van der Waals surface area contributed by atoms with Gasteiger partial charge >= 0.3 is 5.97 Å². The van der Waals surface area contributed by atoms with Gasteiger partial charge in [-0.25, -0.2) is 4.79 Å². The standard InChI is InChI=1S/C19H15ClO2S/c1-2-22-19(21)12-16(13-6-4-3-5-7-13)18-11-14-10-15(20)8-9-17(14)23-18/h3-12H,2H2,1H3/b16-12+. The molecule has 4 heteroatoms. The van der Waals surface area contributed by atoms with E-state index < -0.39 is 0 Å². The molecule has 0 spiro atoms. The number of hydrogen-bond donors (Lipinski definition) is 0. The number of carbonyl (C=O) groups excluding carboxylic acids is 1. The van der Waals surface area contributed by atoms with E-state index in [9.17, 15) is 4.79 Å². The van der Waals surface area contributed by atoms with Crippen molar-refractivity contribution in [3.05, 3.63) is 76.1 Å². The molecule has 3 aromatic rings. The molecule has 3 rings (SSSR count). The molecule has 0 aliphatic carbocycles. The SMILES string of the molecule is CCOC(=O)/C=C(\c1ccccc1)c1cc2cc(Cl)ccc2s1. The molecular weight excluding hydrogens is 328 g/mol. The largest absolute Gasteiger partial charge is 0.463 e. The summed E-state index contributed by atoms with van der Waals surface area (Å²) < 4.78 is 6.21. The van der Waals surface area contributed by atoms with Crippen molar-refractivity contribution < 1.29 is 9.53 Å². The molecule has 0 fully saturated rings. The van der Waals surface area contributed by atoms with Crippen LogP contribution in [0.2, 0.25) is 5.02 Å². The highest BCUT2D eigenvalue weighted by Gasteiger charge is 2.12. The van der Waals surface area contributed by atoms with Crippen LogP contribution >= 0.6 is 22.9 Å². The molecule has 0 aliphatic rings. The van der Waals surface area contributed by atoms with Crippen LogP contribution in [0.3, 0.4) is 0 Å². The number of ether oxygens (including phenoxy) is 1. The Labute approximate surface area is 144 Å². The molecule has 0 radical (unpaired) electrons. The van der Waals surface area contributed by atoms with Crippen molar-refractivity contribution in [1.29, 1.82) is 0 Å². The van der Waals surface area contributed by atoms with Gasteiger partial charge in [0.15, 0.2) is 0 Å². The first-order valence-electron chi connectivity index (χ1n) is 7.30. The van der Waals surface area contributed by atoms with Crippen LogP contribution in [0.5, 0.6) is 0 Å². The molecule has 0 atom stereocenters. The maximum atomic E-state index is 12.0. The molecule has 23 heavy (non-hydrogen) atoms. The summed E-state index contributed by atoms with van der Waals surface area (Å²) in [6.07, 6.45) is 1.56. The van der Waals surface area contributed by atoms with E-state index >= 15 is 0 Å². The highest BCUT2D eigenvalue weighted by molar-refractivity contribution is 7.20. The average molecular weight is 343 g/mol. The van der Waals surface area contributed by atoms with Crippen molar-refractivity contribution in [1.82, 2.24) is 0 Å². The Bertz CT molecular complexity index is 865. The smallest absolute Gasteiger partial charge is 0.331 e. The monoisotopic (exact) mass is 342 g/mol. The first-order valence-corrected chi connectivity index (χ1v) is 8.50. The van der Waals surface area contributed by atoms with Gasteiger partial charge in [-0.2, -0.15) is 0 Å². The van der Waals surface area contributed by atoms with Gasteiger partial charge in [0, 0.05) is 26.2 Å². The molecule has 1 aromatic heterocycles. The lowest BCUT2D eigenvalue weighted by molar-refractivity contribution is -0.137. The van der Waals surface area contributed by atoms with Gasteiger partial charge in [0.05, 0.1) is 6.61 Å². The summed E-state index contributed by atoms with van der Waals surface area (Å²) in [7, 11) is 0. The van der Waals surface area contributed by atoms with E-state index in [-0.39, 0.29) is 5.97 Å². The van der Waals surface area contributed by atoms with Crippen molar-refractivity contribution in [3.8, 4) is 0 Å². The molecule has 0 aliphatic heterocycles. The van der Waals surface area contributed by atoms with Crippen LogP contribution in [-0.4, -0.2) is 12.6 Å². The van der Waals surface area contributed by atoms with Gasteiger partial charge in [-0.1, -0.05) is 41.9 Å². The summed E-state index contributed by atoms with van der Waals surface area (Å²) in [5, 5.41) is 1.78. The maximum absolute atomic E-state index is 12.0. The Morgan fingerprint density at radius 1 is 1.17 bits per heavy atom. The van der Waals surface area contributed by atoms with Gasteiger partial charge in [0.1, 0.15) is 0 Å². The second kappa shape index (κ2) is 6.99. The zero-order valence-corrected chi connectivity index (χ0v) is 14.2. The third-order valence-electron chi connectivity index (χ3n) is 3.38. The topological polar surface area (TPSA) is 26.3 Å². The Hall–Kier alpha value is -2.10. The van der Waals surface area contributed by atoms with Gasteiger partial charge in [-0.05, 0) is 42.1 Å². The number of benzene rings is 2. The molecule has 2 nitrogen and oxygen atoms in total. The van der Waals surface area contributed by atoms with E-state index in [1.807, 2.05) is 48.5 Å². The van der Waals surface area contributed by atoms with Crippen molar-refractivity contribution in [2.24, 2.45) is 0 Å². The van der Waals surface area contributed by atoms with Crippen molar-refractivity contribution >= 4 is 44.6 Å². The molecule has 0 amide bonds. The predicted molar refractivity (Wildman–Crippen MR) is 97.0 cm³/mol. The van der Waals surface area contributed by atoms with E-state index in [2.05, 4.69) is 6.07 Å². The Kier molecular flexibility index (Phi) is 4.79. The summed E-state index contributed by atoms with van der Waals surface area (Å²) in [6.45, 7) is 2.16. The summed E-state index contributed by atoms with van der Waals surface area (Å²) in [5.41, 5.74) is 1.85. The Morgan fingerprint density at radius 2 is 1.96 bits per heavy atom. The lowest BCUT2D eigenvalue weighted by Gasteiger charge is -2.05. The van der Waals surface area contributed by atoms with Crippen molar-refractivity contribution in [2.75, 3.05) is 6.61 Å². The number of fused-ring (bicyclic) bond motifs is 1. The third-order valence-corrected chi connectivity index (χ3v) is 4.76. The van der Waals surface area contributed by atoms with E-state index in [0.29, 0.717) is 11.6 Å². The molecular formula is C19H15ClO2S. The Balaban J connectivity index is 2.11. The predicted octanol–water partition coefficient (Wildman–Crippen LogP) is 5.55. The fourth-order valence-corrected chi connectivity index (χ4v) is 3.63. The van der Waals surface area contributed by atoms with Crippen LogP contribution in [0.1, 0.15) is 17.4 Å². The molecule has 2 aromatic carbocycles. The maximum Gasteiger partial charge on any atom is 0.331 e. The van der Waals surface area contributed by atoms with E-state index in [4.69, 9.17) is 16.3 Å². The summed E-state index contributed by atoms with van der Waals surface area (Å²) in [4.78, 5) is 13.0. The van der Waals surface area contributed by atoms with Crippen LogP contribution in [0.15, 0.2) is 60.7 Å². The minimum Gasteiger partial charge on any atom is -0.463 e. The normalized spacial score (nSPS) is 11.7. The molecule has 0 bridgehead atoms. The van der Waals surface area contributed by atoms with Crippen LogP contribution in [-0.2, 0) is 9.53 Å². The fraction of sp³-hybridized carbons (Fsp3) is 0.105. The third kappa shape index (κ3) is 3.63. The van der Waals surface area contributed by atoms with Crippen molar-refractivity contribution in [3.63, 3.8) is 0 Å². The summed E-state index contributed by atoms with van der Waals surface area (Å²) in [5.74, 6) is -0.332. The van der Waals surface area contributed by atoms with E-state index in [1.54, 1.807) is 24.3 Å². The van der Waals surface area contributed by atoms with Gasteiger partial charge < -0.3 is 4.74 Å². The highest BCUT2D eigenvalue weighted by atomic mass is 35.5. The quantitative estimate of drug-likeness (QED) is 0.459. The van der Waals surface area contributed by atoms with E-state index in [0.717, 1.165) is 26.1 Å². The molecule has 0 unspecified atom stereocenters. The number of rotatable bonds is 4. The lowest BCUT2D eigenvalue weighted by Crippen LogP contribution is -2.01. The summed E-state index contributed by atoms with van der Waals surface area (Å²) in [6, 6.07) is 17.7. The van der Waals surface area contributed by atoms with Crippen molar-refractivity contribution in [2.45, 2.75) is 6.92 Å². The minimum atomic E-state index is -0.332. The van der Waals surface area contributed by atoms with Gasteiger partial charge in [0.25, 0.3) is 0 Å². The first kappa shape index (κ1) is 15.8. The first-order chi connectivity index (χ1) is 11.2.